The minimum absolute atomic E-state index is 0.605. The summed E-state index contributed by atoms with van der Waals surface area (Å²) in [6.07, 6.45) is 2.08. The molecule has 4 aromatic rings. The molecule has 0 radical (unpaired) electrons. The second-order valence-corrected chi connectivity index (χ2v) is 5.91. The zero-order valence-electron chi connectivity index (χ0n) is 12.5. The first kappa shape index (κ1) is 14.0. The number of aromatic nitrogens is 5. The van der Waals surface area contributed by atoms with E-state index in [1.165, 1.54) is 11.1 Å². The Morgan fingerprint density at radius 3 is 2.83 bits per heavy atom. The Kier molecular flexibility index (Phi) is 3.35. The lowest BCUT2D eigenvalue weighted by atomic mass is 10.1. The van der Waals surface area contributed by atoms with Crippen LogP contribution in [0, 0.1) is 6.92 Å². The predicted octanol–water partition coefficient (Wildman–Crippen LogP) is 3.83. The summed E-state index contributed by atoms with van der Waals surface area (Å²) in [5.74, 6) is 0.605. The summed E-state index contributed by atoms with van der Waals surface area (Å²) in [6.45, 7) is 2.83. The molecule has 0 amide bonds. The van der Waals surface area contributed by atoms with E-state index in [0.717, 1.165) is 28.1 Å². The van der Waals surface area contributed by atoms with Gasteiger partial charge in [0.1, 0.15) is 0 Å². The average Bonchev–Trinajstić information content (AvgIpc) is 3.19. The highest BCUT2D eigenvalue weighted by atomic mass is 35.5. The molecule has 2 aromatic carbocycles. The van der Waals surface area contributed by atoms with E-state index in [2.05, 4.69) is 62.6 Å². The molecule has 4 rings (SSSR count). The number of aromatic amines is 1. The van der Waals surface area contributed by atoms with E-state index >= 15 is 0 Å². The third kappa shape index (κ3) is 2.49. The molecule has 0 bridgehead atoms. The molecule has 0 fully saturated rings. The number of H-pyrrole nitrogens is 1. The molecule has 0 atom stereocenters. The maximum Gasteiger partial charge on any atom is 0.204 e. The first-order valence-electron chi connectivity index (χ1n) is 7.29. The van der Waals surface area contributed by atoms with Crippen LogP contribution in [0.3, 0.4) is 0 Å². The molecule has 0 aliphatic heterocycles. The molecule has 114 valence electrons. The highest BCUT2D eigenvalue weighted by molar-refractivity contribution is 6.31. The second kappa shape index (κ2) is 5.52. The van der Waals surface area contributed by atoms with Gasteiger partial charge in [-0.05, 0) is 47.5 Å². The highest BCUT2D eigenvalue weighted by Gasteiger charge is 2.11. The van der Waals surface area contributed by atoms with Crippen molar-refractivity contribution in [3.05, 3.63) is 64.8 Å². The van der Waals surface area contributed by atoms with Crippen LogP contribution in [-0.2, 0) is 6.54 Å². The second-order valence-electron chi connectivity index (χ2n) is 5.50. The zero-order valence-corrected chi connectivity index (χ0v) is 13.2. The molecule has 2 aromatic heterocycles. The highest BCUT2D eigenvalue weighted by Crippen LogP contribution is 2.27. The quantitative estimate of drug-likeness (QED) is 0.623. The SMILES string of the molecule is Cc1cc(-c2nn[nH]n2)cc2ccn(Cc3ccccc3Cl)c12. The van der Waals surface area contributed by atoms with Crippen LogP contribution in [0.25, 0.3) is 22.3 Å². The molecule has 23 heavy (non-hydrogen) atoms. The van der Waals surface area contributed by atoms with Crippen LogP contribution in [0.5, 0.6) is 0 Å². The van der Waals surface area contributed by atoms with Crippen molar-refractivity contribution in [2.75, 3.05) is 0 Å². The van der Waals surface area contributed by atoms with Gasteiger partial charge in [0.25, 0.3) is 0 Å². The average molecular weight is 324 g/mol. The molecule has 0 spiro atoms. The Morgan fingerprint density at radius 2 is 2.04 bits per heavy atom. The van der Waals surface area contributed by atoms with Gasteiger partial charge >= 0.3 is 0 Å². The Hall–Kier alpha value is -2.66. The number of hydrogen-bond donors (Lipinski definition) is 1. The van der Waals surface area contributed by atoms with Crippen LogP contribution in [-0.4, -0.2) is 25.2 Å². The number of tetrazole rings is 1. The number of fused-ring (bicyclic) bond motifs is 1. The molecule has 0 aliphatic carbocycles. The van der Waals surface area contributed by atoms with Gasteiger partial charge in [-0.15, -0.1) is 10.2 Å². The Morgan fingerprint density at radius 1 is 1.17 bits per heavy atom. The van der Waals surface area contributed by atoms with E-state index in [4.69, 9.17) is 11.6 Å². The number of halogens is 1. The van der Waals surface area contributed by atoms with Gasteiger partial charge < -0.3 is 4.57 Å². The summed E-state index contributed by atoms with van der Waals surface area (Å²) in [6, 6.07) is 14.2. The predicted molar refractivity (Wildman–Crippen MR) is 90.4 cm³/mol. The number of hydrogen-bond acceptors (Lipinski definition) is 3. The van der Waals surface area contributed by atoms with Crippen LogP contribution >= 0.6 is 11.6 Å². The Bertz CT molecular complexity index is 972. The zero-order chi connectivity index (χ0) is 15.8. The van der Waals surface area contributed by atoms with Crippen LogP contribution in [0.1, 0.15) is 11.1 Å². The lowest BCUT2D eigenvalue weighted by Gasteiger charge is -2.10. The summed E-state index contributed by atoms with van der Waals surface area (Å²) >= 11 is 6.28. The van der Waals surface area contributed by atoms with Gasteiger partial charge in [0.2, 0.25) is 5.82 Å². The fraction of sp³-hybridized carbons (Fsp3) is 0.118. The topological polar surface area (TPSA) is 59.4 Å². The minimum atomic E-state index is 0.605. The monoisotopic (exact) mass is 323 g/mol. The number of aryl methyl sites for hydroxylation is 1. The van der Waals surface area contributed by atoms with Crippen molar-refractivity contribution in [1.82, 2.24) is 25.2 Å². The molecule has 1 N–H and O–H groups in total. The van der Waals surface area contributed by atoms with Crippen molar-refractivity contribution < 1.29 is 0 Å². The van der Waals surface area contributed by atoms with Crippen LogP contribution < -0.4 is 0 Å². The lowest BCUT2D eigenvalue weighted by molar-refractivity contribution is 0.834. The van der Waals surface area contributed by atoms with Gasteiger partial charge in [0.15, 0.2) is 0 Å². The maximum atomic E-state index is 6.28. The fourth-order valence-electron chi connectivity index (χ4n) is 2.93. The maximum absolute atomic E-state index is 6.28. The van der Waals surface area contributed by atoms with Gasteiger partial charge in [0, 0.05) is 28.7 Å². The lowest BCUT2D eigenvalue weighted by Crippen LogP contribution is -2.00. The Balaban J connectivity index is 1.79. The molecule has 0 saturated heterocycles. The first-order valence-corrected chi connectivity index (χ1v) is 7.67. The number of nitrogens with one attached hydrogen (secondary N) is 1. The number of rotatable bonds is 3. The van der Waals surface area contributed by atoms with Gasteiger partial charge in [-0.2, -0.15) is 5.21 Å². The van der Waals surface area contributed by atoms with E-state index in [0.29, 0.717) is 5.82 Å². The van der Waals surface area contributed by atoms with E-state index in [9.17, 15) is 0 Å². The summed E-state index contributed by atoms with van der Waals surface area (Å²) in [7, 11) is 0. The standard InChI is InChI=1S/C17H14ClN5/c1-11-8-14(17-19-21-22-20-17)9-12-6-7-23(16(11)12)10-13-4-2-3-5-15(13)18/h2-9H,10H2,1H3,(H,19,20,21,22). The molecule has 5 nitrogen and oxygen atoms in total. The molecule has 0 aliphatic rings. The van der Waals surface area contributed by atoms with Crippen molar-refractivity contribution in [3.63, 3.8) is 0 Å². The molecule has 2 heterocycles. The molecule has 0 unspecified atom stereocenters. The minimum Gasteiger partial charge on any atom is -0.343 e. The molecule has 0 saturated carbocycles. The van der Waals surface area contributed by atoms with Crippen molar-refractivity contribution >= 4 is 22.5 Å². The van der Waals surface area contributed by atoms with Crippen molar-refractivity contribution in [1.29, 1.82) is 0 Å². The van der Waals surface area contributed by atoms with E-state index < -0.39 is 0 Å². The number of nitrogens with zero attached hydrogens (tertiary/aromatic N) is 4. The van der Waals surface area contributed by atoms with Crippen LogP contribution in [0.2, 0.25) is 5.02 Å². The third-order valence-electron chi connectivity index (χ3n) is 3.95. The van der Waals surface area contributed by atoms with E-state index in [-0.39, 0.29) is 0 Å². The first-order chi connectivity index (χ1) is 11.2. The molecular weight excluding hydrogens is 310 g/mol. The van der Waals surface area contributed by atoms with Crippen LogP contribution in [0.4, 0.5) is 0 Å². The summed E-state index contributed by atoms with van der Waals surface area (Å²) in [4.78, 5) is 0. The van der Waals surface area contributed by atoms with Crippen molar-refractivity contribution in [2.24, 2.45) is 0 Å². The normalized spacial score (nSPS) is 11.2. The Labute approximate surface area is 137 Å². The fourth-order valence-corrected chi connectivity index (χ4v) is 3.12. The van der Waals surface area contributed by atoms with E-state index in [1.807, 2.05) is 18.2 Å². The summed E-state index contributed by atoms with van der Waals surface area (Å²) in [5.41, 5.74) is 4.42. The smallest absolute Gasteiger partial charge is 0.204 e. The molecule has 6 heteroatoms. The van der Waals surface area contributed by atoms with Gasteiger partial charge in [-0.3, -0.25) is 0 Å². The van der Waals surface area contributed by atoms with E-state index in [1.54, 1.807) is 0 Å². The third-order valence-corrected chi connectivity index (χ3v) is 4.32. The molecular formula is C17H14ClN5. The van der Waals surface area contributed by atoms with Crippen molar-refractivity contribution in [2.45, 2.75) is 13.5 Å². The van der Waals surface area contributed by atoms with Crippen molar-refractivity contribution in [3.8, 4) is 11.4 Å². The van der Waals surface area contributed by atoms with Gasteiger partial charge in [-0.25, -0.2) is 0 Å². The number of benzene rings is 2. The van der Waals surface area contributed by atoms with Crippen LogP contribution in [0.15, 0.2) is 48.7 Å². The summed E-state index contributed by atoms with van der Waals surface area (Å²) in [5, 5.41) is 16.1. The summed E-state index contributed by atoms with van der Waals surface area (Å²) < 4.78 is 2.21. The largest absolute Gasteiger partial charge is 0.343 e. The van der Waals surface area contributed by atoms with Gasteiger partial charge in [0.05, 0.1) is 5.52 Å². The van der Waals surface area contributed by atoms with Gasteiger partial charge in [-0.1, -0.05) is 29.8 Å².